The van der Waals surface area contributed by atoms with Crippen molar-refractivity contribution < 1.29 is 28.6 Å². The zero-order valence-corrected chi connectivity index (χ0v) is 22.3. The number of aliphatic hydroxyl groups is 1. The van der Waals surface area contributed by atoms with E-state index in [1.165, 1.54) is 28.6 Å². The summed E-state index contributed by atoms with van der Waals surface area (Å²) in [5.41, 5.74) is 2.23. The standard InChI is InChI=1S/C31H24N2O6S/c1-2-37-22-14-15-23-25(17-22)40-31(32-23)33-27(26(29(35)30(33)36)28(34)24-9-6-16-38-24)20-10-12-21(13-11-20)39-18-19-7-4-3-5-8-19/h3-17,27,35H,2,18H2,1H3. The van der Waals surface area contributed by atoms with Crippen molar-refractivity contribution in [1.82, 2.24) is 4.98 Å². The number of nitrogens with zero attached hydrogens (tertiary/aromatic N) is 2. The average Bonchev–Trinajstić information content (AvgIpc) is 3.71. The fourth-order valence-corrected chi connectivity index (χ4v) is 5.65. The number of hydrogen-bond donors (Lipinski definition) is 1. The highest BCUT2D eigenvalue weighted by Crippen LogP contribution is 2.44. The van der Waals surface area contributed by atoms with E-state index in [1.54, 1.807) is 30.3 Å². The molecule has 3 heterocycles. The van der Waals surface area contributed by atoms with Gasteiger partial charge in [-0.1, -0.05) is 53.8 Å². The summed E-state index contributed by atoms with van der Waals surface area (Å²) in [7, 11) is 0. The molecule has 1 atom stereocenters. The van der Waals surface area contributed by atoms with Crippen LogP contribution in [0.2, 0.25) is 0 Å². The van der Waals surface area contributed by atoms with Crippen LogP contribution in [0.5, 0.6) is 11.5 Å². The van der Waals surface area contributed by atoms with Gasteiger partial charge in [0.1, 0.15) is 18.1 Å². The van der Waals surface area contributed by atoms with Gasteiger partial charge in [0.05, 0.1) is 34.7 Å². The number of carbonyl (C=O) groups is 2. The van der Waals surface area contributed by atoms with Crippen LogP contribution in [0.25, 0.3) is 10.2 Å². The third kappa shape index (κ3) is 4.71. The molecular weight excluding hydrogens is 528 g/mol. The summed E-state index contributed by atoms with van der Waals surface area (Å²) < 4.78 is 17.7. The van der Waals surface area contributed by atoms with E-state index in [9.17, 15) is 14.7 Å². The van der Waals surface area contributed by atoms with Gasteiger partial charge in [-0.05, 0) is 60.5 Å². The maximum Gasteiger partial charge on any atom is 0.296 e. The molecule has 2 aromatic heterocycles. The molecule has 1 amide bonds. The van der Waals surface area contributed by atoms with Gasteiger partial charge >= 0.3 is 0 Å². The molecule has 200 valence electrons. The van der Waals surface area contributed by atoms with Crippen molar-refractivity contribution in [1.29, 1.82) is 0 Å². The minimum absolute atomic E-state index is 0.0228. The predicted molar refractivity (Wildman–Crippen MR) is 151 cm³/mol. The maximum absolute atomic E-state index is 13.5. The lowest BCUT2D eigenvalue weighted by Crippen LogP contribution is -2.30. The second-order valence-corrected chi connectivity index (χ2v) is 10.1. The molecule has 1 aliphatic heterocycles. The molecule has 1 aliphatic rings. The smallest absolute Gasteiger partial charge is 0.296 e. The number of hydrogen-bond acceptors (Lipinski definition) is 8. The lowest BCUT2D eigenvalue weighted by molar-refractivity contribution is -0.117. The molecule has 0 radical (unpaired) electrons. The molecule has 5 aromatic rings. The molecule has 40 heavy (non-hydrogen) atoms. The van der Waals surface area contributed by atoms with Crippen LogP contribution in [0, 0.1) is 0 Å². The van der Waals surface area contributed by atoms with Crippen molar-refractivity contribution in [3.8, 4) is 11.5 Å². The Morgan fingerprint density at radius 2 is 1.77 bits per heavy atom. The van der Waals surface area contributed by atoms with Gasteiger partial charge in [-0.2, -0.15) is 0 Å². The Balaban J connectivity index is 1.38. The molecule has 0 saturated heterocycles. The number of fused-ring (bicyclic) bond motifs is 1. The van der Waals surface area contributed by atoms with E-state index in [0.29, 0.717) is 40.9 Å². The first-order chi connectivity index (χ1) is 19.5. The van der Waals surface area contributed by atoms with Crippen LogP contribution in [0.1, 0.15) is 34.6 Å². The number of aliphatic hydroxyl groups excluding tert-OH is 1. The van der Waals surface area contributed by atoms with E-state index in [2.05, 4.69) is 4.98 Å². The summed E-state index contributed by atoms with van der Waals surface area (Å²) in [6.45, 7) is 2.82. The van der Waals surface area contributed by atoms with E-state index < -0.39 is 23.5 Å². The number of carbonyl (C=O) groups excluding carboxylic acids is 2. The molecular formula is C31H24N2O6S. The normalized spacial score (nSPS) is 15.2. The van der Waals surface area contributed by atoms with Crippen molar-refractivity contribution in [3.05, 3.63) is 119 Å². The van der Waals surface area contributed by atoms with Crippen LogP contribution in [0.15, 0.2) is 107 Å². The summed E-state index contributed by atoms with van der Waals surface area (Å²) in [5, 5.41) is 11.3. The minimum Gasteiger partial charge on any atom is -0.503 e. The van der Waals surface area contributed by atoms with Gasteiger partial charge in [0.15, 0.2) is 16.7 Å². The summed E-state index contributed by atoms with van der Waals surface area (Å²) in [5.74, 6) is -0.588. The van der Waals surface area contributed by atoms with Gasteiger partial charge in [-0.25, -0.2) is 4.98 Å². The van der Waals surface area contributed by atoms with Crippen molar-refractivity contribution in [2.24, 2.45) is 0 Å². The molecule has 6 rings (SSSR count). The molecule has 8 nitrogen and oxygen atoms in total. The number of ketones is 1. The molecule has 0 fully saturated rings. The number of thiazole rings is 1. The largest absolute Gasteiger partial charge is 0.503 e. The first kappa shape index (κ1) is 25.4. The van der Waals surface area contributed by atoms with E-state index in [0.717, 1.165) is 10.3 Å². The number of rotatable bonds is 9. The summed E-state index contributed by atoms with van der Waals surface area (Å²) in [6, 6.07) is 24.5. The SMILES string of the molecule is CCOc1ccc2nc(N3C(=O)C(O)=C(C(=O)c4ccco4)C3c3ccc(OCc4ccccc4)cc3)sc2c1. The van der Waals surface area contributed by atoms with Crippen LogP contribution in [0.4, 0.5) is 5.13 Å². The topological polar surface area (TPSA) is 102 Å². The minimum atomic E-state index is -0.930. The lowest BCUT2D eigenvalue weighted by atomic mass is 9.95. The Kier molecular flexibility index (Phi) is 6.79. The first-order valence-corrected chi connectivity index (χ1v) is 13.5. The van der Waals surface area contributed by atoms with Crippen molar-refractivity contribution in [3.63, 3.8) is 0 Å². The van der Waals surface area contributed by atoms with Gasteiger partial charge in [0, 0.05) is 0 Å². The Labute approximate surface area is 233 Å². The van der Waals surface area contributed by atoms with E-state index in [4.69, 9.17) is 13.9 Å². The number of benzene rings is 3. The van der Waals surface area contributed by atoms with Crippen molar-refractivity contribution in [2.75, 3.05) is 11.5 Å². The lowest BCUT2D eigenvalue weighted by Gasteiger charge is -2.24. The van der Waals surface area contributed by atoms with Crippen LogP contribution in [-0.4, -0.2) is 28.4 Å². The highest BCUT2D eigenvalue weighted by atomic mass is 32.1. The Morgan fingerprint density at radius 3 is 2.50 bits per heavy atom. The summed E-state index contributed by atoms with van der Waals surface area (Å²) >= 11 is 1.28. The maximum atomic E-state index is 13.5. The molecule has 0 bridgehead atoms. The molecule has 0 spiro atoms. The third-order valence-corrected chi connectivity index (χ3v) is 7.53. The van der Waals surface area contributed by atoms with Gasteiger partial charge in [0.25, 0.3) is 5.91 Å². The number of anilines is 1. The highest BCUT2D eigenvalue weighted by molar-refractivity contribution is 7.22. The van der Waals surface area contributed by atoms with Gasteiger partial charge < -0.3 is 19.0 Å². The molecule has 9 heteroatoms. The Morgan fingerprint density at radius 1 is 1.00 bits per heavy atom. The van der Waals surface area contributed by atoms with Crippen LogP contribution in [-0.2, 0) is 11.4 Å². The van der Waals surface area contributed by atoms with Crippen molar-refractivity contribution in [2.45, 2.75) is 19.6 Å². The van der Waals surface area contributed by atoms with E-state index >= 15 is 0 Å². The van der Waals surface area contributed by atoms with E-state index in [-0.39, 0.29) is 11.3 Å². The number of amides is 1. The van der Waals surface area contributed by atoms with Gasteiger partial charge in [-0.3, -0.25) is 14.5 Å². The van der Waals surface area contributed by atoms with E-state index in [1.807, 2.05) is 55.5 Å². The zero-order valence-electron chi connectivity index (χ0n) is 21.4. The highest BCUT2D eigenvalue weighted by Gasteiger charge is 2.46. The van der Waals surface area contributed by atoms with Crippen LogP contribution >= 0.6 is 11.3 Å². The monoisotopic (exact) mass is 552 g/mol. The quantitative estimate of drug-likeness (QED) is 0.204. The van der Waals surface area contributed by atoms with Crippen LogP contribution in [0.3, 0.4) is 0 Å². The molecule has 0 aliphatic carbocycles. The predicted octanol–water partition coefficient (Wildman–Crippen LogP) is 6.65. The Hall–Kier alpha value is -4.89. The van der Waals surface area contributed by atoms with Gasteiger partial charge in [0.2, 0.25) is 5.78 Å². The first-order valence-electron chi connectivity index (χ1n) is 12.7. The average molecular weight is 553 g/mol. The molecule has 3 aromatic carbocycles. The Bertz CT molecular complexity index is 1710. The number of aromatic nitrogens is 1. The summed E-state index contributed by atoms with van der Waals surface area (Å²) in [6.07, 6.45) is 1.37. The second-order valence-electron chi connectivity index (χ2n) is 9.05. The molecule has 1 unspecified atom stereocenters. The number of Topliss-reactive ketones (excluding diaryl/α,β-unsaturated/α-hetero) is 1. The molecule has 0 saturated carbocycles. The zero-order chi connectivity index (χ0) is 27.6. The fourth-order valence-electron chi connectivity index (χ4n) is 4.63. The van der Waals surface area contributed by atoms with Crippen LogP contribution < -0.4 is 14.4 Å². The van der Waals surface area contributed by atoms with Gasteiger partial charge in [-0.15, -0.1) is 0 Å². The third-order valence-electron chi connectivity index (χ3n) is 6.51. The fraction of sp³-hybridized carbons (Fsp3) is 0.129. The number of furan rings is 1. The second kappa shape index (κ2) is 10.7. The number of ether oxygens (including phenoxy) is 2. The summed E-state index contributed by atoms with van der Waals surface area (Å²) in [4.78, 5) is 33.0. The molecule has 1 N–H and O–H groups in total. The van der Waals surface area contributed by atoms with Crippen molar-refractivity contribution >= 4 is 38.4 Å².